The van der Waals surface area contributed by atoms with Crippen molar-refractivity contribution in [3.63, 3.8) is 0 Å². The summed E-state index contributed by atoms with van der Waals surface area (Å²) >= 11 is 5.93. The number of benzene rings is 2. The highest BCUT2D eigenvalue weighted by Crippen LogP contribution is 2.23. The molecule has 0 heterocycles. The van der Waals surface area contributed by atoms with Crippen LogP contribution >= 0.6 is 11.6 Å². The monoisotopic (exact) mass is 423 g/mol. The number of nitrogens with zero attached hydrogens (tertiary/aromatic N) is 1. The minimum absolute atomic E-state index is 0.0103. The summed E-state index contributed by atoms with van der Waals surface area (Å²) in [5.41, 5.74) is 1.85. The maximum Gasteiger partial charge on any atom is 0.222 e. The van der Waals surface area contributed by atoms with Gasteiger partial charge in [0.1, 0.15) is 5.75 Å². The zero-order chi connectivity index (χ0) is 20.9. The molecule has 0 aliphatic rings. The van der Waals surface area contributed by atoms with Gasteiger partial charge >= 0.3 is 0 Å². The molecule has 28 heavy (non-hydrogen) atoms. The molecule has 2 rings (SSSR count). The first-order chi connectivity index (χ1) is 13.1. The summed E-state index contributed by atoms with van der Waals surface area (Å²) in [7, 11) is -1.48. The fourth-order valence-electron chi connectivity index (χ4n) is 2.79. The maximum absolute atomic E-state index is 12.5. The number of hydrogen-bond donors (Lipinski definition) is 0. The Morgan fingerprint density at radius 1 is 1.18 bits per heavy atom. The van der Waals surface area contributed by atoms with E-state index in [1.807, 2.05) is 26.0 Å². The molecule has 1 atom stereocenters. The highest BCUT2D eigenvalue weighted by atomic mass is 35.5. The van der Waals surface area contributed by atoms with Crippen molar-refractivity contribution in [2.75, 3.05) is 19.9 Å². The smallest absolute Gasteiger partial charge is 0.222 e. The van der Waals surface area contributed by atoms with Gasteiger partial charge in [-0.2, -0.15) is 0 Å². The molecule has 0 unspecified atom stereocenters. The zero-order valence-electron chi connectivity index (χ0n) is 16.6. The summed E-state index contributed by atoms with van der Waals surface area (Å²) in [5.74, 6) is 0.778. The average Bonchev–Trinajstić information content (AvgIpc) is 2.64. The number of ether oxygens (including phenoxy) is 1. The Balaban J connectivity index is 1.86. The van der Waals surface area contributed by atoms with Crippen molar-refractivity contribution >= 4 is 27.3 Å². The van der Waals surface area contributed by atoms with Crippen LogP contribution in [0.15, 0.2) is 47.4 Å². The molecule has 2 aromatic rings. The minimum Gasteiger partial charge on any atom is -0.493 e. The molecule has 0 bridgehead atoms. The lowest BCUT2D eigenvalue weighted by atomic mass is 10.1. The van der Waals surface area contributed by atoms with Gasteiger partial charge in [-0.25, -0.2) is 8.42 Å². The van der Waals surface area contributed by atoms with Gasteiger partial charge in [-0.1, -0.05) is 23.7 Å². The number of hydrogen-bond acceptors (Lipinski definition) is 4. The van der Waals surface area contributed by atoms with Crippen molar-refractivity contribution < 1.29 is 17.9 Å². The van der Waals surface area contributed by atoms with Crippen molar-refractivity contribution in [3.8, 4) is 5.75 Å². The van der Waals surface area contributed by atoms with Crippen LogP contribution in [-0.4, -0.2) is 39.1 Å². The lowest BCUT2D eigenvalue weighted by Gasteiger charge is -2.25. The van der Waals surface area contributed by atoms with E-state index in [-0.39, 0.29) is 16.8 Å². The zero-order valence-corrected chi connectivity index (χ0v) is 18.2. The molecule has 7 heteroatoms. The molecule has 2 aromatic carbocycles. The van der Waals surface area contributed by atoms with Gasteiger partial charge in [-0.3, -0.25) is 4.79 Å². The summed E-state index contributed by atoms with van der Waals surface area (Å²) in [6.45, 7) is 4.29. The van der Waals surface area contributed by atoms with Crippen LogP contribution in [0.3, 0.4) is 0 Å². The van der Waals surface area contributed by atoms with Gasteiger partial charge in [0.05, 0.1) is 17.5 Å². The largest absolute Gasteiger partial charge is 0.493 e. The Morgan fingerprint density at radius 3 is 2.39 bits per heavy atom. The lowest BCUT2D eigenvalue weighted by molar-refractivity contribution is -0.132. The van der Waals surface area contributed by atoms with Gasteiger partial charge in [0.25, 0.3) is 0 Å². The third-order valence-corrected chi connectivity index (χ3v) is 6.06. The highest BCUT2D eigenvalue weighted by molar-refractivity contribution is 7.90. The number of sulfone groups is 1. The van der Waals surface area contributed by atoms with Crippen molar-refractivity contribution in [1.29, 1.82) is 0 Å². The second-order valence-electron chi connectivity index (χ2n) is 6.88. The van der Waals surface area contributed by atoms with Gasteiger partial charge in [-0.15, -0.1) is 0 Å². The van der Waals surface area contributed by atoms with Crippen LogP contribution in [0.4, 0.5) is 0 Å². The molecule has 0 N–H and O–H groups in total. The first-order valence-corrected chi connectivity index (χ1v) is 11.3. The Kier molecular flexibility index (Phi) is 7.49. The standard InChI is InChI=1S/C21H26ClNO4S/c1-15-14-18(22)9-12-20(15)27-13-5-6-21(24)23(3)16(2)17-7-10-19(11-8-17)28(4,25)26/h7-12,14,16H,5-6,13H2,1-4H3/t16-/m0/s1. The Morgan fingerprint density at radius 2 is 1.82 bits per heavy atom. The third kappa shape index (κ3) is 5.97. The summed E-state index contributed by atoms with van der Waals surface area (Å²) in [4.78, 5) is 14.4. The number of carbonyl (C=O) groups excluding carboxylic acids is 1. The second-order valence-corrected chi connectivity index (χ2v) is 9.34. The van der Waals surface area contributed by atoms with Crippen molar-refractivity contribution in [1.82, 2.24) is 4.90 Å². The summed E-state index contributed by atoms with van der Waals surface area (Å²) in [6, 6.07) is 11.9. The van der Waals surface area contributed by atoms with Crippen molar-refractivity contribution in [3.05, 3.63) is 58.6 Å². The molecule has 0 saturated carbocycles. The minimum atomic E-state index is -3.23. The number of rotatable bonds is 8. The van der Waals surface area contributed by atoms with Gasteiger partial charge in [0.2, 0.25) is 5.91 Å². The molecule has 0 fully saturated rings. The van der Waals surface area contributed by atoms with Crippen LogP contribution < -0.4 is 4.74 Å². The fourth-order valence-corrected chi connectivity index (χ4v) is 3.65. The SMILES string of the molecule is Cc1cc(Cl)ccc1OCCCC(=O)N(C)[C@@H](C)c1ccc(S(C)(=O)=O)cc1. The maximum atomic E-state index is 12.5. The first-order valence-electron chi connectivity index (χ1n) is 9.04. The predicted octanol–water partition coefficient (Wildman–Crippen LogP) is 4.43. The van der Waals surface area contributed by atoms with E-state index in [1.165, 1.54) is 6.26 Å². The molecule has 0 aromatic heterocycles. The Bertz CT molecular complexity index is 926. The highest BCUT2D eigenvalue weighted by Gasteiger charge is 2.18. The van der Waals surface area contributed by atoms with E-state index in [1.54, 1.807) is 42.3 Å². The van der Waals surface area contributed by atoms with E-state index in [2.05, 4.69) is 0 Å². The van der Waals surface area contributed by atoms with Gasteiger partial charge in [0, 0.05) is 24.7 Å². The van der Waals surface area contributed by atoms with E-state index in [0.29, 0.717) is 24.5 Å². The molecular formula is C21H26ClNO4S. The lowest BCUT2D eigenvalue weighted by Crippen LogP contribution is -2.29. The van der Waals surface area contributed by atoms with Gasteiger partial charge < -0.3 is 9.64 Å². The number of aryl methyl sites for hydroxylation is 1. The number of carbonyl (C=O) groups is 1. The van der Waals surface area contributed by atoms with Crippen LogP contribution in [-0.2, 0) is 14.6 Å². The predicted molar refractivity (Wildman–Crippen MR) is 112 cm³/mol. The van der Waals surface area contributed by atoms with E-state index < -0.39 is 9.84 Å². The van der Waals surface area contributed by atoms with Crippen LogP contribution in [0.2, 0.25) is 5.02 Å². The van der Waals surface area contributed by atoms with Crippen LogP contribution in [0, 0.1) is 6.92 Å². The molecule has 0 aliphatic heterocycles. The Labute approximate surface area is 172 Å². The van der Waals surface area contributed by atoms with E-state index in [0.717, 1.165) is 16.9 Å². The first kappa shape index (κ1) is 22.2. The van der Waals surface area contributed by atoms with Crippen LogP contribution in [0.1, 0.15) is 36.9 Å². The fraction of sp³-hybridized carbons (Fsp3) is 0.381. The summed E-state index contributed by atoms with van der Waals surface area (Å²) < 4.78 is 28.8. The van der Waals surface area contributed by atoms with E-state index >= 15 is 0 Å². The normalized spacial score (nSPS) is 12.5. The molecular weight excluding hydrogens is 398 g/mol. The van der Waals surface area contributed by atoms with Crippen LogP contribution in [0.5, 0.6) is 5.75 Å². The van der Waals surface area contributed by atoms with E-state index in [4.69, 9.17) is 16.3 Å². The molecule has 0 aliphatic carbocycles. The van der Waals surface area contributed by atoms with Crippen molar-refractivity contribution in [2.24, 2.45) is 0 Å². The van der Waals surface area contributed by atoms with Gasteiger partial charge in [-0.05, 0) is 61.7 Å². The topological polar surface area (TPSA) is 63.7 Å². The quantitative estimate of drug-likeness (QED) is 0.589. The average molecular weight is 424 g/mol. The molecule has 152 valence electrons. The molecule has 5 nitrogen and oxygen atoms in total. The molecule has 0 saturated heterocycles. The summed E-state index contributed by atoms with van der Waals surface area (Å²) in [5, 5.41) is 0.667. The van der Waals surface area contributed by atoms with E-state index in [9.17, 15) is 13.2 Å². The van der Waals surface area contributed by atoms with Crippen LogP contribution in [0.25, 0.3) is 0 Å². The number of amides is 1. The number of halogens is 1. The van der Waals surface area contributed by atoms with Gasteiger partial charge in [0.15, 0.2) is 9.84 Å². The Hall–Kier alpha value is -2.05. The molecule has 0 spiro atoms. The molecule has 0 radical (unpaired) electrons. The molecule has 1 amide bonds. The second kappa shape index (κ2) is 9.43. The third-order valence-electron chi connectivity index (χ3n) is 4.69. The summed E-state index contributed by atoms with van der Waals surface area (Å²) in [6.07, 6.45) is 2.15. The van der Waals surface area contributed by atoms with Crippen molar-refractivity contribution in [2.45, 2.75) is 37.6 Å².